The van der Waals surface area contributed by atoms with Gasteiger partial charge in [0.15, 0.2) is 0 Å². The van der Waals surface area contributed by atoms with Gasteiger partial charge in [0.2, 0.25) is 5.91 Å². The molecule has 1 heterocycles. The Kier molecular flexibility index (Phi) is 4.42. The molecule has 1 saturated heterocycles. The van der Waals surface area contributed by atoms with Gasteiger partial charge in [0.1, 0.15) is 5.54 Å². The number of ether oxygens (including phenoxy) is 1. The first-order valence-corrected chi connectivity index (χ1v) is 7.65. The van der Waals surface area contributed by atoms with Gasteiger partial charge in [-0.15, -0.1) is 0 Å². The first-order chi connectivity index (χ1) is 9.31. The molecule has 20 heavy (non-hydrogen) atoms. The van der Waals surface area contributed by atoms with Crippen LogP contribution in [0.25, 0.3) is 0 Å². The van der Waals surface area contributed by atoms with Crippen molar-refractivity contribution in [1.82, 2.24) is 10.2 Å². The molecule has 3 unspecified atom stereocenters. The van der Waals surface area contributed by atoms with Gasteiger partial charge in [-0.25, -0.2) is 0 Å². The van der Waals surface area contributed by atoms with Crippen molar-refractivity contribution in [3.05, 3.63) is 0 Å². The Morgan fingerprint density at radius 1 is 1.40 bits per heavy atom. The summed E-state index contributed by atoms with van der Waals surface area (Å²) >= 11 is 0. The van der Waals surface area contributed by atoms with E-state index in [4.69, 9.17) is 10.5 Å². The number of nitrogens with zero attached hydrogens (tertiary/aromatic N) is 1. The second-order valence-corrected chi connectivity index (χ2v) is 7.04. The van der Waals surface area contributed by atoms with E-state index in [9.17, 15) is 4.79 Å². The molecule has 3 atom stereocenters. The number of unbranched alkanes of at least 4 members (excludes halogenated alkanes) is 1. The fraction of sp³-hybridized carbons (Fsp3) is 0.933. The number of fused-ring (bicyclic) bond motifs is 1. The molecule has 0 bridgehead atoms. The van der Waals surface area contributed by atoms with Gasteiger partial charge in [-0.05, 0) is 39.9 Å². The van der Waals surface area contributed by atoms with Gasteiger partial charge in [0.05, 0.1) is 6.10 Å². The Morgan fingerprint density at radius 3 is 2.75 bits per heavy atom. The lowest BCUT2D eigenvalue weighted by molar-refractivity contribution is -0.175. The van der Waals surface area contributed by atoms with Crippen LogP contribution in [0.5, 0.6) is 0 Å². The van der Waals surface area contributed by atoms with Crippen molar-refractivity contribution in [1.29, 1.82) is 0 Å². The van der Waals surface area contributed by atoms with Gasteiger partial charge < -0.3 is 20.7 Å². The molecule has 1 aliphatic carbocycles. The van der Waals surface area contributed by atoms with E-state index in [-0.39, 0.29) is 23.3 Å². The second-order valence-electron chi connectivity index (χ2n) is 7.04. The normalized spacial score (nSPS) is 34.7. The van der Waals surface area contributed by atoms with Gasteiger partial charge in [-0.1, -0.05) is 13.8 Å². The van der Waals surface area contributed by atoms with E-state index in [1.54, 1.807) is 0 Å². The maximum atomic E-state index is 12.5. The second kappa shape index (κ2) is 5.62. The molecule has 2 fully saturated rings. The van der Waals surface area contributed by atoms with E-state index in [1.165, 1.54) is 0 Å². The molecule has 0 aromatic heterocycles. The fourth-order valence-electron chi connectivity index (χ4n) is 3.75. The first-order valence-electron chi connectivity index (χ1n) is 7.65. The third kappa shape index (κ3) is 2.36. The molecule has 3 N–H and O–H groups in total. The van der Waals surface area contributed by atoms with Crippen LogP contribution < -0.4 is 11.1 Å². The Hall–Kier alpha value is -0.650. The Morgan fingerprint density at radius 2 is 2.10 bits per heavy atom. The average molecular weight is 283 g/mol. The molecule has 5 heteroatoms. The molecule has 0 aromatic rings. The molecule has 0 spiro atoms. The van der Waals surface area contributed by atoms with Crippen molar-refractivity contribution in [2.45, 2.75) is 44.8 Å². The molecule has 1 saturated carbocycles. The van der Waals surface area contributed by atoms with Crippen LogP contribution in [0.2, 0.25) is 0 Å². The monoisotopic (exact) mass is 283 g/mol. The largest absolute Gasteiger partial charge is 0.377 e. The highest BCUT2D eigenvalue weighted by molar-refractivity contribution is 5.89. The maximum Gasteiger partial charge on any atom is 0.241 e. The van der Waals surface area contributed by atoms with Gasteiger partial charge in [0, 0.05) is 24.5 Å². The van der Waals surface area contributed by atoms with E-state index in [0.29, 0.717) is 6.54 Å². The topological polar surface area (TPSA) is 67.6 Å². The summed E-state index contributed by atoms with van der Waals surface area (Å²) in [4.78, 5) is 14.7. The zero-order chi connectivity index (χ0) is 15.0. The Labute approximate surface area is 122 Å². The minimum Gasteiger partial charge on any atom is -0.377 e. The summed E-state index contributed by atoms with van der Waals surface area (Å²) in [5, 5.41) is 3.03. The summed E-state index contributed by atoms with van der Waals surface area (Å²) in [7, 11) is 4.12. The molecular weight excluding hydrogens is 254 g/mol. The molecule has 2 aliphatic rings. The molecule has 0 radical (unpaired) electrons. The fourth-order valence-corrected chi connectivity index (χ4v) is 3.75. The van der Waals surface area contributed by atoms with E-state index >= 15 is 0 Å². The molecule has 0 aromatic carbocycles. The third-order valence-electron chi connectivity index (χ3n) is 5.15. The molecule has 5 nitrogen and oxygen atoms in total. The SMILES string of the molecule is CN(C)CCCCNC(=O)C1(N)C2CCOC2C1(C)C. The number of rotatable bonds is 6. The van der Waals surface area contributed by atoms with Crippen LogP contribution in [0.4, 0.5) is 0 Å². The van der Waals surface area contributed by atoms with Crippen molar-refractivity contribution in [3.8, 4) is 0 Å². The molecule has 1 amide bonds. The summed E-state index contributed by atoms with van der Waals surface area (Å²) in [6, 6.07) is 0. The highest BCUT2D eigenvalue weighted by Crippen LogP contribution is 2.58. The molecule has 116 valence electrons. The van der Waals surface area contributed by atoms with Crippen LogP contribution in [0, 0.1) is 11.3 Å². The Balaban J connectivity index is 1.83. The van der Waals surface area contributed by atoms with Crippen LogP contribution >= 0.6 is 0 Å². The van der Waals surface area contributed by atoms with Gasteiger partial charge in [0.25, 0.3) is 0 Å². The molecule has 1 aliphatic heterocycles. The summed E-state index contributed by atoms with van der Waals surface area (Å²) in [6.45, 7) is 6.58. The Bertz CT molecular complexity index is 370. The lowest BCUT2D eigenvalue weighted by Gasteiger charge is -2.60. The van der Waals surface area contributed by atoms with Gasteiger partial charge >= 0.3 is 0 Å². The zero-order valence-electron chi connectivity index (χ0n) is 13.2. The minimum atomic E-state index is -0.768. The first kappa shape index (κ1) is 15.7. The summed E-state index contributed by atoms with van der Waals surface area (Å²) in [5.74, 6) is 0.179. The van der Waals surface area contributed by atoms with Crippen LogP contribution in [-0.2, 0) is 9.53 Å². The number of amides is 1. The lowest BCUT2D eigenvalue weighted by atomic mass is 9.48. The lowest BCUT2D eigenvalue weighted by Crippen LogP contribution is -2.80. The minimum absolute atomic E-state index is 0.000830. The zero-order valence-corrected chi connectivity index (χ0v) is 13.2. The van der Waals surface area contributed by atoms with Crippen molar-refractivity contribution >= 4 is 5.91 Å². The van der Waals surface area contributed by atoms with Crippen LogP contribution in [0.3, 0.4) is 0 Å². The van der Waals surface area contributed by atoms with Crippen molar-refractivity contribution in [3.63, 3.8) is 0 Å². The standard InChI is InChI=1S/C15H29N3O2/c1-14(2)12-11(7-10-20-12)15(14,16)13(19)17-8-5-6-9-18(3)4/h11-12H,5-10,16H2,1-4H3,(H,17,19). The smallest absolute Gasteiger partial charge is 0.241 e. The third-order valence-corrected chi connectivity index (χ3v) is 5.15. The van der Waals surface area contributed by atoms with Crippen LogP contribution in [0.15, 0.2) is 0 Å². The maximum absolute atomic E-state index is 12.5. The van der Waals surface area contributed by atoms with E-state index in [0.717, 1.165) is 32.4 Å². The van der Waals surface area contributed by atoms with E-state index < -0.39 is 5.54 Å². The molecular formula is C15H29N3O2. The average Bonchev–Trinajstić information content (AvgIpc) is 2.84. The number of carbonyl (C=O) groups is 1. The number of hydrogen-bond donors (Lipinski definition) is 2. The van der Waals surface area contributed by atoms with Crippen LogP contribution in [0.1, 0.15) is 33.1 Å². The summed E-state index contributed by atoms with van der Waals surface area (Å²) in [6.07, 6.45) is 3.12. The summed E-state index contributed by atoms with van der Waals surface area (Å²) in [5.41, 5.74) is 5.43. The van der Waals surface area contributed by atoms with Crippen molar-refractivity contribution in [2.75, 3.05) is 33.8 Å². The van der Waals surface area contributed by atoms with E-state index in [2.05, 4.69) is 24.3 Å². The molecule has 2 rings (SSSR count). The quantitative estimate of drug-likeness (QED) is 0.700. The number of nitrogens with one attached hydrogen (secondary N) is 1. The predicted molar refractivity (Wildman–Crippen MR) is 79.3 cm³/mol. The summed E-state index contributed by atoms with van der Waals surface area (Å²) < 4.78 is 5.72. The van der Waals surface area contributed by atoms with Gasteiger partial charge in [-0.3, -0.25) is 4.79 Å². The van der Waals surface area contributed by atoms with Crippen molar-refractivity contribution < 1.29 is 9.53 Å². The highest BCUT2D eigenvalue weighted by Gasteiger charge is 2.71. The van der Waals surface area contributed by atoms with Crippen LogP contribution in [-0.4, -0.2) is 56.2 Å². The number of carbonyl (C=O) groups excluding carboxylic acids is 1. The highest BCUT2D eigenvalue weighted by atomic mass is 16.5. The van der Waals surface area contributed by atoms with Gasteiger partial charge in [-0.2, -0.15) is 0 Å². The van der Waals surface area contributed by atoms with E-state index in [1.807, 2.05) is 13.8 Å². The predicted octanol–water partition coefficient (Wildman–Crippen LogP) is 0.587. The van der Waals surface area contributed by atoms with Crippen molar-refractivity contribution in [2.24, 2.45) is 17.1 Å². The number of nitrogens with two attached hydrogens (primary N) is 1. The number of hydrogen-bond acceptors (Lipinski definition) is 4.